The molecule has 0 aliphatic carbocycles. The van der Waals surface area contributed by atoms with E-state index < -0.39 is 5.97 Å². The number of fused-ring (bicyclic) bond motifs is 1. The summed E-state index contributed by atoms with van der Waals surface area (Å²) < 4.78 is 5.70. The van der Waals surface area contributed by atoms with E-state index in [4.69, 9.17) is 33.0 Å². The minimum Gasteiger partial charge on any atom is -0.487 e. The Morgan fingerprint density at radius 1 is 1.43 bits per heavy atom. The predicted octanol–water partition coefficient (Wildman–Crippen LogP) is 3.18. The van der Waals surface area contributed by atoms with E-state index in [1.165, 1.54) is 0 Å². The highest BCUT2D eigenvalue weighted by Gasteiger charge is 2.28. The van der Waals surface area contributed by atoms with Crippen LogP contribution in [0.25, 0.3) is 6.08 Å². The average molecular weight is 328 g/mol. The van der Waals surface area contributed by atoms with E-state index in [-0.39, 0.29) is 5.92 Å². The fourth-order valence-corrected chi connectivity index (χ4v) is 3.39. The zero-order valence-electron chi connectivity index (χ0n) is 11.3. The lowest BCUT2D eigenvalue weighted by atomic mass is 10.1. The van der Waals surface area contributed by atoms with Crippen molar-refractivity contribution in [2.75, 3.05) is 26.2 Å². The molecule has 4 nitrogen and oxygen atoms in total. The summed E-state index contributed by atoms with van der Waals surface area (Å²) in [6.07, 6.45) is 2.74. The molecule has 2 aliphatic heterocycles. The molecule has 3 rings (SSSR count). The van der Waals surface area contributed by atoms with E-state index in [9.17, 15) is 4.79 Å². The molecule has 2 heterocycles. The third-order valence-corrected chi connectivity index (χ3v) is 4.35. The number of benzene rings is 1. The molecule has 0 amide bonds. The number of ether oxygens (including phenoxy) is 1. The zero-order valence-corrected chi connectivity index (χ0v) is 12.8. The van der Waals surface area contributed by atoms with Crippen molar-refractivity contribution < 1.29 is 14.6 Å². The molecule has 0 aromatic heterocycles. The Kier molecular flexibility index (Phi) is 4.11. The Balaban J connectivity index is 1.73. The van der Waals surface area contributed by atoms with Crippen LogP contribution in [0.15, 0.2) is 17.7 Å². The van der Waals surface area contributed by atoms with Gasteiger partial charge in [-0.15, -0.1) is 0 Å². The minimum absolute atomic E-state index is 0.258. The normalized spacial score (nSPS) is 21.6. The molecule has 112 valence electrons. The summed E-state index contributed by atoms with van der Waals surface area (Å²) in [5, 5.41) is 10.1. The minimum atomic E-state index is -0.713. The molecule has 1 N–H and O–H groups in total. The van der Waals surface area contributed by atoms with Gasteiger partial charge in [0.1, 0.15) is 12.4 Å². The summed E-state index contributed by atoms with van der Waals surface area (Å²) in [5.41, 5.74) is 1.98. The van der Waals surface area contributed by atoms with Gasteiger partial charge in [-0.1, -0.05) is 23.2 Å². The van der Waals surface area contributed by atoms with Crippen LogP contribution in [0.5, 0.6) is 5.75 Å². The van der Waals surface area contributed by atoms with Gasteiger partial charge in [-0.2, -0.15) is 0 Å². The lowest BCUT2D eigenvalue weighted by molar-refractivity contribution is -0.141. The van der Waals surface area contributed by atoms with Gasteiger partial charge < -0.3 is 9.84 Å². The van der Waals surface area contributed by atoms with Crippen molar-refractivity contribution in [2.24, 2.45) is 5.92 Å². The number of halogens is 2. The smallest absolute Gasteiger partial charge is 0.307 e. The van der Waals surface area contributed by atoms with Crippen LogP contribution in [0.1, 0.15) is 12.0 Å². The van der Waals surface area contributed by atoms with Gasteiger partial charge in [0, 0.05) is 23.7 Å². The van der Waals surface area contributed by atoms with E-state index in [1.807, 2.05) is 12.1 Å². The third-order valence-electron chi connectivity index (χ3n) is 3.85. The Morgan fingerprint density at radius 3 is 2.95 bits per heavy atom. The molecule has 1 fully saturated rings. The molecule has 2 aliphatic rings. The van der Waals surface area contributed by atoms with Crippen molar-refractivity contribution in [2.45, 2.75) is 6.42 Å². The van der Waals surface area contributed by atoms with E-state index >= 15 is 0 Å². The second-order valence-electron chi connectivity index (χ2n) is 5.46. The van der Waals surface area contributed by atoms with Crippen molar-refractivity contribution in [3.8, 4) is 5.75 Å². The fraction of sp³-hybridized carbons (Fsp3) is 0.400. The Labute approximate surface area is 132 Å². The third kappa shape index (κ3) is 3.18. The van der Waals surface area contributed by atoms with Crippen LogP contribution in [0.3, 0.4) is 0 Å². The Morgan fingerprint density at radius 2 is 2.24 bits per heavy atom. The number of hydrogen-bond acceptors (Lipinski definition) is 3. The highest BCUT2D eigenvalue weighted by molar-refractivity contribution is 6.36. The number of rotatable bonds is 3. The highest BCUT2D eigenvalue weighted by atomic mass is 35.5. The van der Waals surface area contributed by atoms with Crippen molar-refractivity contribution >= 4 is 35.2 Å². The molecule has 0 spiro atoms. The maximum atomic E-state index is 11.0. The number of hydrogen-bond donors (Lipinski definition) is 1. The summed E-state index contributed by atoms with van der Waals surface area (Å²) in [4.78, 5) is 13.1. The molecule has 1 saturated heterocycles. The van der Waals surface area contributed by atoms with Gasteiger partial charge in [0.15, 0.2) is 0 Å². The molecule has 1 aromatic rings. The molecule has 0 radical (unpaired) electrons. The molecule has 1 aromatic carbocycles. The van der Waals surface area contributed by atoms with E-state index in [2.05, 4.69) is 4.90 Å². The van der Waals surface area contributed by atoms with Crippen LogP contribution in [-0.2, 0) is 4.79 Å². The summed E-state index contributed by atoms with van der Waals surface area (Å²) in [5.74, 6) is -0.309. The van der Waals surface area contributed by atoms with Gasteiger partial charge in [0.05, 0.1) is 10.9 Å². The molecular formula is C15H15Cl2NO3. The molecular weight excluding hydrogens is 313 g/mol. The van der Waals surface area contributed by atoms with Crippen molar-refractivity contribution in [3.05, 3.63) is 33.3 Å². The van der Waals surface area contributed by atoms with E-state index in [0.29, 0.717) is 41.9 Å². The molecule has 6 heteroatoms. The van der Waals surface area contributed by atoms with Crippen molar-refractivity contribution in [1.82, 2.24) is 4.90 Å². The molecule has 0 bridgehead atoms. The first-order valence-corrected chi connectivity index (χ1v) is 7.55. The summed E-state index contributed by atoms with van der Waals surface area (Å²) >= 11 is 12.1. The number of carbonyl (C=O) groups is 1. The van der Waals surface area contributed by atoms with Crippen molar-refractivity contribution in [3.63, 3.8) is 0 Å². The van der Waals surface area contributed by atoms with Gasteiger partial charge in [0.2, 0.25) is 0 Å². The summed E-state index contributed by atoms with van der Waals surface area (Å²) in [6, 6.07) is 3.49. The summed E-state index contributed by atoms with van der Waals surface area (Å²) in [7, 11) is 0. The van der Waals surface area contributed by atoms with Gasteiger partial charge in [-0.05, 0) is 36.7 Å². The molecule has 1 unspecified atom stereocenters. The van der Waals surface area contributed by atoms with E-state index in [1.54, 1.807) is 6.07 Å². The topological polar surface area (TPSA) is 49.8 Å². The van der Waals surface area contributed by atoms with Crippen LogP contribution >= 0.6 is 23.2 Å². The maximum absolute atomic E-state index is 11.0. The average Bonchev–Trinajstić information content (AvgIpc) is 2.86. The number of carboxylic acid groups (broad SMARTS) is 1. The van der Waals surface area contributed by atoms with Crippen molar-refractivity contribution in [1.29, 1.82) is 0 Å². The van der Waals surface area contributed by atoms with Crippen LogP contribution < -0.4 is 4.74 Å². The number of carboxylic acids is 1. The number of aliphatic carboxylic acids is 1. The summed E-state index contributed by atoms with van der Waals surface area (Å²) in [6.45, 7) is 2.59. The number of likely N-dealkylation sites (tertiary alicyclic amines) is 1. The van der Waals surface area contributed by atoms with Crippen LogP contribution in [0, 0.1) is 5.92 Å². The molecule has 21 heavy (non-hydrogen) atoms. The Hall–Kier alpha value is -1.23. The monoisotopic (exact) mass is 327 g/mol. The van der Waals surface area contributed by atoms with Gasteiger partial charge in [0.25, 0.3) is 0 Å². The van der Waals surface area contributed by atoms with E-state index in [0.717, 1.165) is 17.7 Å². The highest BCUT2D eigenvalue weighted by Crippen LogP contribution is 2.36. The first-order chi connectivity index (χ1) is 10.0. The standard InChI is InChI=1S/C15H15Cl2NO3/c16-12-4-11-3-9(8-21-14(11)13(17)5-12)6-18-2-1-10(7-18)15(19)20/h3-5,10H,1-2,6-8H2,(H,19,20). The maximum Gasteiger partial charge on any atom is 0.307 e. The second-order valence-corrected chi connectivity index (χ2v) is 6.30. The largest absolute Gasteiger partial charge is 0.487 e. The Bertz CT molecular complexity index is 615. The van der Waals surface area contributed by atoms with Crippen LogP contribution in [0.2, 0.25) is 10.0 Å². The lowest BCUT2D eigenvalue weighted by Gasteiger charge is -2.23. The second kappa shape index (κ2) is 5.87. The predicted molar refractivity (Wildman–Crippen MR) is 82.1 cm³/mol. The van der Waals surface area contributed by atoms with Crippen LogP contribution in [0.4, 0.5) is 0 Å². The van der Waals surface area contributed by atoms with Gasteiger partial charge in [-0.25, -0.2) is 0 Å². The van der Waals surface area contributed by atoms with Gasteiger partial charge in [-0.3, -0.25) is 9.69 Å². The zero-order chi connectivity index (χ0) is 15.0. The van der Waals surface area contributed by atoms with Crippen LogP contribution in [-0.4, -0.2) is 42.2 Å². The SMILES string of the molecule is O=C(O)C1CCN(CC2=Cc3cc(Cl)cc(Cl)c3OC2)C1. The van der Waals surface area contributed by atoms with Gasteiger partial charge >= 0.3 is 5.97 Å². The fourth-order valence-electron chi connectivity index (χ4n) is 2.82. The first-order valence-electron chi connectivity index (χ1n) is 6.79. The lowest BCUT2D eigenvalue weighted by Crippen LogP contribution is -2.27. The number of nitrogens with zero attached hydrogens (tertiary/aromatic N) is 1. The quantitative estimate of drug-likeness (QED) is 0.926. The molecule has 1 atom stereocenters. The molecule has 0 saturated carbocycles. The first kappa shape index (κ1) is 14.7.